The molecule has 19 heavy (non-hydrogen) atoms. The van der Waals surface area contributed by atoms with Crippen LogP contribution in [0, 0.1) is 11.8 Å². The molecule has 3 fully saturated rings. The lowest BCUT2D eigenvalue weighted by Gasteiger charge is -2.52. The molecule has 4 heteroatoms. The highest BCUT2D eigenvalue weighted by atomic mass is 16.2. The molecule has 4 aliphatic rings. The van der Waals surface area contributed by atoms with E-state index in [1.165, 1.54) is 0 Å². The normalized spacial score (nSPS) is 37.7. The largest absolute Gasteiger partial charge is 0.338 e. The van der Waals surface area contributed by atoms with Crippen LogP contribution < -0.4 is 0 Å². The summed E-state index contributed by atoms with van der Waals surface area (Å²) in [5.41, 5.74) is 1.02. The molecular weight excluding hydrogens is 240 g/mol. The van der Waals surface area contributed by atoms with Gasteiger partial charge in [0.1, 0.15) is 0 Å². The number of hydrogen-bond acceptors (Lipinski definition) is 2. The van der Waals surface area contributed by atoms with Gasteiger partial charge in [-0.3, -0.25) is 9.59 Å². The Hall–Kier alpha value is -1.32. The summed E-state index contributed by atoms with van der Waals surface area (Å²) in [5.74, 6) is 0.605. The first-order valence-corrected chi connectivity index (χ1v) is 7.59. The Balaban J connectivity index is 1.75. The van der Waals surface area contributed by atoms with Crippen molar-refractivity contribution in [2.24, 2.45) is 11.8 Å². The number of amides is 2. The van der Waals surface area contributed by atoms with Gasteiger partial charge in [0.15, 0.2) is 0 Å². The maximum Gasteiger partial charge on any atom is 0.231 e. The fourth-order valence-electron chi connectivity index (χ4n) is 4.38. The van der Waals surface area contributed by atoms with Crippen LogP contribution in [0.5, 0.6) is 0 Å². The number of nitrogens with zero attached hydrogens (tertiary/aromatic N) is 2. The van der Waals surface area contributed by atoms with Gasteiger partial charge in [-0.05, 0) is 38.5 Å². The lowest BCUT2D eigenvalue weighted by Crippen LogP contribution is -2.63. The highest BCUT2D eigenvalue weighted by molar-refractivity contribution is 5.92. The first kappa shape index (κ1) is 11.5. The van der Waals surface area contributed by atoms with Crippen molar-refractivity contribution < 1.29 is 9.59 Å². The summed E-state index contributed by atoms with van der Waals surface area (Å²) in [5, 5.41) is 0. The molecule has 2 bridgehead atoms. The predicted octanol–water partition coefficient (Wildman–Crippen LogP) is 1.52. The van der Waals surface area contributed by atoms with Crippen molar-refractivity contribution in [2.45, 2.75) is 44.6 Å². The van der Waals surface area contributed by atoms with Gasteiger partial charge < -0.3 is 9.80 Å². The fraction of sp³-hybridized carbons (Fsp3) is 0.733. The third kappa shape index (κ3) is 1.52. The van der Waals surface area contributed by atoms with E-state index in [4.69, 9.17) is 0 Å². The van der Waals surface area contributed by atoms with E-state index in [-0.39, 0.29) is 29.7 Å². The molecule has 0 aromatic rings. The van der Waals surface area contributed by atoms with Crippen LogP contribution in [0.15, 0.2) is 11.8 Å². The van der Waals surface area contributed by atoms with Crippen LogP contribution in [-0.2, 0) is 9.59 Å². The summed E-state index contributed by atoms with van der Waals surface area (Å²) in [4.78, 5) is 29.3. The highest BCUT2D eigenvalue weighted by Gasteiger charge is 2.52. The number of rotatable bonds is 0. The number of carbonyl (C=O) groups excluding carboxylic acids is 2. The molecule has 3 saturated heterocycles. The monoisotopic (exact) mass is 260 g/mol. The van der Waals surface area contributed by atoms with Crippen molar-refractivity contribution in [1.29, 1.82) is 0 Å². The molecule has 0 aromatic heterocycles. The zero-order valence-corrected chi connectivity index (χ0v) is 11.2. The third-order valence-corrected chi connectivity index (χ3v) is 5.28. The summed E-state index contributed by atoms with van der Waals surface area (Å²) in [7, 11) is 0. The van der Waals surface area contributed by atoms with Crippen molar-refractivity contribution in [1.82, 2.24) is 9.80 Å². The second-order valence-corrected chi connectivity index (χ2v) is 6.25. The minimum atomic E-state index is -0.0302. The van der Waals surface area contributed by atoms with Crippen LogP contribution in [0.3, 0.4) is 0 Å². The van der Waals surface area contributed by atoms with Gasteiger partial charge >= 0.3 is 0 Å². The van der Waals surface area contributed by atoms with E-state index in [9.17, 15) is 9.59 Å². The second kappa shape index (κ2) is 4.09. The first-order chi connectivity index (χ1) is 9.27. The fourth-order valence-corrected chi connectivity index (χ4v) is 4.38. The SMILES string of the molecule is O=C1[C@@H]2C[C@@H](C(=O)N3CCCC[C@@H]23)C2=CCCCN12. The van der Waals surface area contributed by atoms with Gasteiger partial charge in [0.25, 0.3) is 0 Å². The van der Waals surface area contributed by atoms with E-state index < -0.39 is 0 Å². The Morgan fingerprint density at radius 1 is 1.05 bits per heavy atom. The number of carbonyl (C=O) groups is 2. The Morgan fingerprint density at radius 3 is 2.84 bits per heavy atom. The zero-order chi connectivity index (χ0) is 13.0. The lowest BCUT2D eigenvalue weighted by molar-refractivity contribution is -0.159. The van der Waals surface area contributed by atoms with Crippen LogP contribution in [0.25, 0.3) is 0 Å². The van der Waals surface area contributed by atoms with E-state index in [0.29, 0.717) is 0 Å². The predicted molar refractivity (Wildman–Crippen MR) is 70.0 cm³/mol. The maximum atomic E-state index is 12.7. The summed E-state index contributed by atoms with van der Waals surface area (Å²) in [6, 6.07) is 0.188. The zero-order valence-electron chi connectivity index (χ0n) is 11.2. The standard InChI is InChI=1S/C15H20N2O2/c18-14-10-9-11(13-6-2-4-8-17(13)14)15(19)16-7-3-1-5-12(10)16/h5,10-11,13H,1-4,6-9H2/t10-,11-,13+/m1/s1. The number of allylic oxidation sites excluding steroid dienone is 1. The van der Waals surface area contributed by atoms with Crippen LogP contribution in [0.2, 0.25) is 0 Å². The minimum absolute atomic E-state index is 0.0302. The summed E-state index contributed by atoms with van der Waals surface area (Å²) >= 11 is 0. The van der Waals surface area contributed by atoms with Crippen LogP contribution in [0.4, 0.5) is 0 Å². The molecule has 3 atom stereocenters. The van der Waals surface area contributed by atoms with Crippen molar-refractivity contribution in [2.75, 3.05) is 13.1 Å². The van der Waals surface area contributed by atoms with Gasteiger partial charge in [0, 0.05) is 24.8 Å². The summed E-state index contributed by atoms with van der Waals surface area (Å²) < 4.78 is 0. The molecule has 4 rings (SSSR count). The smallest absolute Gasteiger partial charge is 0.231 e. The topological polar surface area (TPSA) is 40.6 Å². The quantitative estimate of drug-likeness (QED) is 0.662. The van der Waals surface area contributed by atoms with Crippen molar-refractivity contribution in [3.63, 3.8) is 0 Å². The molecule has 0 spiro atoms. The molecule has 102 valence electrons. The van der Waals surface area contributed by atoms with E-state index in [1.54, 1.807) is 0 Å². The van der Waals surface area contributed by atoms with Gasteiger partial charge in [-0.2, -0.15) is 0 Å². The summed E-state index contributed by atoms with van der Waals surface area (Å²) in [6.45, 7) is 1.68. The molecule has 0 radical (unpaired) electrons. The van der Waals surface area contributed by atoms with E-state index in [2.05, 4.69) is 6.08 Å². The van der Waals surface area contributed by atoms with Crippen molar-refractivity contribution in [3.8, 4) is 0 Å². The minimum Gasteiger partial charge on any atom is -0.338 e. The molecule has 2 amide bonds. The van der Waals surface area contributed by atoms with E-state index >= 15 is 0 Å². The molecule has 0 aliphatic carbocycles. The van der Waals surface area contributed by atoms with Gasteiger partial charge in [0.2, 0.25) is 11.8 Å². The highest BCUT2D eigenvalue weighted by Crippen LogP contribution is 2.44. The molecular formula is C15H20N2O2. The van der Waals surface area contributed by atoms with Crippen molar-refractivity contribution in [3.05, 3.63) is 11.8 Å². The molecule has 0 N–H and O–H groups in total. The second-order valence-electron chi connectivity index (χ2n) is 6.25. The maximum absolute atomic E-state index is 12.7. The van der Waals surface area contributed by atoms with Gasteiger partial charge in [-0.15, -0.1) is 0 Å². The van der Waals surface area contributed by atoms with Crippen molar-refractivity contribution >= 4 is 11.8 Å². The number of piperidine rings is 3. The molecule has 4 heterocycles. The lowest BCUT2D eigenvalue weighted by atomic mass is 9.73. The van der Waals surface area contributed by atoms with E-state index in [1.807, 2.05) is 9.80 Å². The average Bonchev–Trinajstić information content (AvgIpc) is 2.47. The van der Waals surface area contributed by atoms with Crippen LogP contribution in [0.1, 0.15) is 38.5 Å². The molecule has 0 saturated carbocycles. The Bertz CT molecular complexity index is 471. The first-order valence-electron chi connectivity index (χ1n) is 7.59. The average molecular weight is 260 g/mol. The number of fused-ring (bicyclic) bond motifs is 6. The van der Waals surface area contributed by atoms with Gasteiger partial charge in [0.05, 0.1) is 11.8 Å². The molecule has 0 aromatic carbocycles. The number of hydrogen-bond donors (Lipinski definition) is 0. The van der Waals surface area contributed by atoms with Crippen LogP contribution >= 0.6 is 0 Å². The van der Waals surface area contributed by atoms with Crippen LogP contribution in [-0.4, -0.2) is 40.7 Å². The summed E-state index contributed by atoms with van der Waals surface area (Å²) in [6.07, 6.45) is 8.21. The third-order valence-electron chi connectivity index (χ3n) is 5.28. The Kier molecular flexibility index (Phi) is 2.47. The van der Waals surface area contributed by atoms with E-state index in [0.717, 1.165) is 57.3 Å². The van der Waals surface area contributed by atoms with Gasteiger partial charge in [-0.1, -0.05) is 6.08 Å². The van der Waals surface area contributed by atoms with Gasteiger partial charge in [-0.25, -0.2) is 0 Å². The Labute approximate surface area is 113 Å². The molecule has 0 unspecified atom stereocenters. The Morgan fingerprint density at radius 2 is 1.95 bits per heavy atom. The molecule has 4 nitrogen and oxygen atoms in total. The molecule has 4 aliphatic heterocycles.